The number of nitrogens with one attached hydrogen (secondary N) is 2. The van der Waals surface area contributed by atoms with Gasteiger partial charge in [0.1, 0.15) is 6.54 Å². The summed E-state index contributed by atoms with van der Waals surface area (Å²) >= 11 is 5.92. The van der Waals surface area contributed by atoms with Gasteiger partial charge < -0.3 is 20.1 Å². The van der Waals surface area contributed by atoms with Crippen molar-refractivity contribution in [3.05, 3.63) is 59.3 Å². The van der Waals surface area contributed by atoms with Gasteiger partial charge in [0.2, 0.25) is 11.7 Å². The molecule has 0 bridgehead atoms. The van der Waals surface area contributed by atoms with E-state index in [-0.39, 0.29) is 18.4 Å². The largest absolute Gasteiger partial charge is 0.357 e. The molecule has 0 aliphatic carbocycles. The average Bonchev–Trinajstić information content (AvgIpc) is 3.43. The number of nitrogens with zero attached hydrogens (tertiary/aromatic N) is 5. The number of aromatic nitrogens is 3. The highest BCUT2D eigenvalue weighted by Gasteiger charge is 2.26. The molecule has 4 rings (SSSR count). The summed E-state index contributed by atoms with van der Waals surface area (Å²) in [5.74, 6) is 1.61. The fourth-order valence-electron chi connectivity index (χ4n) is 3.38. The summed E-state index contributed by atoms with van der Waals surface area (Å²) < 4.78 is 19.3. The SMILES string of the molecule is CCNC(=NCc1nc(-c2ccc(Cl)cc2)no1)NC1CCN(c2ncccc2F)C1. The molecule has 10 heteroatoms. The Labute approximate surface area is 184 Å². The molecule has 1 unspecified atom stereocenters. The highest BCUT2D eigenvalue weighted by Crippen LogP contribution is 2.21. The van der Waals surface area contributed by atoms with Gasteiger partial charge in [-0.05, 0) is 49.7 Å². The zero-order valence-electron chi connectivity index (χ0n) is 17.1. The molecule has 3 heterocycles. The molecular formula is C21H23ClFN7O. The molecule has 31 heavy (non-hydrogen) atoms. The van der Waals surface area contributed by atoms with Crippen molar-refractivity contribution in [3.8, 4) is 11.4 Å². The van der Waals surface area contributed by atoms with Crippen LogP contribution in [-0.2, 0) is 6.54 Å². The van der Waals surface area contributed by atoms with Crippen molar-refractivity contribution in [2.75, 3.05) is 24.5 Å². The van der Waals surface area contributed by atoms with Crippen LogP contribution < -0.4 is 15.5 Å². The number of hydrogen-bond donors (Lipinski definition) is 2. The second-order valence-corrected chi connectivity index (χ2v) is 7.53. The third kappa shape index (κ3) is 5.29. The van der Waals surface area contributed by atoms with E-state index in [2.05, 4.69) is 30.8 Å². The van der Waals surface area contributed by atoms with E-state index in [1.54, 1.807) is 24.4 Å². The van der Waals surface area contributed by atoms with Gasteiger partial charge in [-0.3, -0.25) is 0 Å². The number of aliphatic imine (C=N–C) groups is 1. The van der Waals surface area contributed by atoms with Gasteiger partial charge in [-0.2, -0.15) is 4.98 Å². The number of guanidine groups is 1. The second-order valence-electron chi connectivity index (χ2n) is 7.10. The Balaban J connectivity index is 1.38. The quantitative estimate of drug-likeness (QED) is 0.446. The summed E-state index contributed by atoms with van der Waals surface area (Å²) in [6.45, 7) is 4.30. The molecule has 0 saturated carbocycles. The highest BCUT2D eigenvalue weighted by molar-refractivity contribution is 6.30. The lowest BCUT2D eigenvalue weighted by molar-refractivity contribution is 0.380. The summed E-state index contributed by atoms with van der Waals surface area (Å²) in [5, 5.41) is 11.3. The third-order valence-electron chi connectivity index (χ3n) is 4.85. The Morgan fingerprint density at radius 1 is 1.32 bits per heavy atom. The van der Waals surface area contributed by atoms with Gasteiger partial charge in [0.05, 0.1) is 0 Å². The van der Waals surface area contributed by atoms with Crippen LogP contribution in [-0.4, -0.2) is 46.8 Å². The Morgan fingerprint density at radius 2 is 2.16 bits per heavy atom. The monoisotopic (exact) mass is 443 g/mol. The van der Waals surface area contributed by atoms with E-state index in [1.807, 2.05) is 24.0 Å². The summed E-state index contributed by atoms with van der Waals surface area (Å²) in [6, 6.07) is 10.4. The zero-order valence-corrected chi connectivity index (χ0v) is 17.8. The van der Waals surface area contributed by atoms with Gasteiger partial charge in [0.25, 0.3) is 0 Å². The van der Waals surface area contributed by atoms with Gasteiger partial charge >= 0.3 is 0 Å². The summed E-state index contributed by atoms with van der Waals surface area (Å²) in [4.78, 5) is 15.0. The molecule has 2 N–H and O–H groups in total. The number of anilines is 1. The first-order valence-electron chi connectivity index (χ1n) is 10.1. The van der Waals surface area contributed by atoms with Crippen molar-refractivity contribution in [3.63, 3.8) is 0 Å². The van der Waals surface area contributed by atoms with E-state index in [1.165, 1.54) is 6.07 Å². The zero-order chi connectivity index (χ0) is 21.6. The smallest absolute Gasteiger partial charge is 0.248 e. The van der Waals surface area contributed by atoms with E-state index >= 15 is 0 Å². The van der Waals surface area contributed by atoms with E-state index < -0.39 is 0 Å². The van der Waals surface area contributed by atoms with E-state index in [4.69, 9.17) is 16.1 Å². The normalized spacial score (nSPS) is 16.5. The summed E-state index contributed by atoms with van der Waals surface area (Å²) in [7, 11) is 0. The van der Waals surface area contributed by atoms with Crippen LogP contribution >= 0.6 is 11.6 Å². The molecular weight excluding hydrogens is 421 g/mol. The van der Waals surface area contributed by atoms with Gasteiger partial charge in [0, 0.05) is 42.5 Å². The standard InChI is InChI=1S/C21H23ClFN7O/c1-2-24-21(27-16-9-11-30(13-16)20-17(23)4-3-10-25-20)26-12-18-28-19(29-31-18)14-5-7-15(22)8-6-14/h3-8,10,16H,2,9,11-13H2,1H3,(H2,24,26,27). The first-order valence-corrected chi connectivity index (χ1v) is 10.5. The Hall–Kier alpha value is -3.20. The molecule has 1 aliphatic rings. The van der Waals surface area contributed by atoms with Crippen molar-refractivity contribution in [1.82, 2.24) is 25.8 Å². The molecule has 0 radical (unpaired) electrons. The molecule has 1 saturated heterocycles. The van der Waals surface area contributed by atoms with Crippen molar-refractivity contribution in [1.29, 1.82) is 0 Å². The van der Waals surface area contributed by atoms with Crippen LogP contribution in [0.3, 0.4) is 0 Å². The maximum atomic E-state index is 14.0. The van der Waals surface area contributed by atoms with Crippen LogP contribution in [0.1, 0.15) is 19.2 Å². The first-order chi connectivity index (χ1) is 15.1. The maximum Gasteiger partial charge on any atom is 0.248 e. The fourth-order valence-corrected chi connectivity index (χ4v) is 3.50. The number of benzene rings is 1. The lowest BCUT2D eigenvalue weighted by Crippen LogP contribution is -2.44. The lowest BCUT2D eigenvalue weighted by atomic mass is 10.2. The van der Waals surface area contributed by atoms with Gasteiger partial charge in [-0.25, -0.2) is 14.4 Å². The predicted octanol–water partition coefficient (Wildman–Crippen LogP) is 3.26. The molecule has 0 amide bonds. The van der Waals surface area contributed by atoms with Crippen LogP contribution in [0.2, 0.25) is 5.02 Å². The molecule has 162 valence electrons. The van der Waals surface area contributed by atoms with Crippen LogP contribution in [0, 0.1) is 5.82 Å². The number of halogens is 2. The van der Waals surface area contributed by atoms with E-state index in [0.717, 1.165) is 18.5 Å². The van der Waals surface area contributed by atoms with Crippen LogP contribution in [0.5, 0.6) is 0 Å². The average molecular weight is 444 g/mol. The van der Waals surface area contributed by atoms with Gasteiger partial charge in [-0.15, -0.1) is 0 Å². The Bertz CT molecular complexity index is 1040. The molecule has 0 spiro atoms. The molecule has 1 fully saturated rings. The van der Waals surface area contributed by atoms with Gasteiger partial charge in [0.15, 0.2) is 17.6 Å². The molecule has 3 aromatic rings. The van der Waals surface area contributed by atoms with E-state index in [0.29, 0.717) is 41.6 Å². The molecule has 1 aromatic carbocycles. The van der Waals surface area contributed by atoms with Gasteiger partial charge in [-0.1, -0.05) is 16.8 Å². The van der Waals surface area contributed by atoms with Crippen molar-refractivity contribution < 1.29 is 8.91 Å². The molecule has 1 atom stereocenters. The first kappa shape index (κ1) is 21.0. The lowest BCUT2D eigenvalue weighted by Gasteiger charge is -2.19. The molecule has 8 nitrogen and oxygen atoms in total. The topological polar surface area (TPSA) is 91.5 Å². The predicted molar refractivity (Wildman–Crippen MR) is 118 cm³/mol. The Kier molecular flexibility index (Phi) is 6.61. The number of hydrogen-bond acceptors (Lipinski definition) is 6. The minimum absolute atomic E-state index is 0.117. The maximum absolute atomic E-state index is 14.0. The fraction of sp³-hybridized carbons (Fsp3) is 0.333. The van der Waals surface area contributed by atoms with E-state index in [9.17, 15) is 4.39 Å². The number of pyridine rings is 1. The van der Waals surface area contributed by atoms with Crippen LogP contribution in [0.15, 0.2) is 52.1 Å². The highest BCUT2D eigenvalue weighted by atomic mass is 35.5. The minimum atomic E-state index is -0.309. The molecule has 1 aliphatic heterocycles. The second kappa shape index (κ2) is 9.74. The van der Waals surface area contributed by atoms with Crippen molar-refractivity contribution in [2.24, 2.45) is 4.99 Å². The minimum Gasteiger partial charge on any atom is -0.357 e. The van der Waals surface area contributed by atoms with Crippen molar-refractivity contribution in [2.45, 2.75) is 25.9 Å². The summed E-state index contributed by atoms with van der Waals surface area (Å²) in [5.41, 5.74) is 0.821. The van der Waals surface area contributed by atoms with Crippen LogP contribution in [0.25, 0.3) is 11.4 Å². The third-order valence-corrected chi connectivity index (χ3v) is 5.11. The number of rotatable bonds is 6. The van der Waals surface area contributed by atoms with Crippen molar-refractivity contribution >= 4 is 23.4 Å². The van der Waals surface area contributed by atoms with Crippen LogP contribution in [0.4, 0.5) is 10.2 Å². The summed E-state index contributed by atoms with van der Waals surface area (Å²) in [6.07, 6.45) is 2.45. The molecule has 2 aromatic heterocycles. The Morgan fingerprint density at radius 3 is 2.94 bits per heavy atom.